The molecule has 12 heteroatoms. The Hall–Kier alpha value is -5.80. The van der Waals surface area contributed by atoms with Crippen LogP contribution >= 0.6 is 0 Å². The first-order valence-electron chi connectivity index (χ1n) is 13.9. The number of nitrogen functional groups attached to an aromatic ring is 1. The monoisotopic (exact) mass is 587 g/mol. The van der Waals surface area contributed by atoms with Crippen LogP contribution in [0.5, 0.6) is 0 Å². The lowest BCUT2D eigenvalue weighted by Crippen LogP contribution is -2.33. The number of nitrogens with one attached hydrogen (secondary N) is 1. The molecule has 0 aliphatic heterocycles. The number of carbonyl (C=O) groups excluding carboxylic acids is 1. The first-order chi connectivity index (χ1) is 21.4. The van der Waals surface area contributed by atoms with Crippen molar-refractivity contribution >= 4 is 28.3 Å². The number of para-hydroxylation sites is 1. The molecule has 3 N–H and O–H groups in total. The minimum atomic E-state index is -0.702. The van der Waals surface area contributed by atoms with Crippen LogP contribution < -0.4 is 16.6 Å². The summed E-state index contributed by atoms with van der Waals surface area (Å²) in [5, 5.41) is 11.8. The lowest BCUT2D eigenvalue weighted by Gasteiger charge is -2.20. The quantitative estimate of drug-likeness (QED) is 0.271. The molecule has 2 aromatic carbocycles. The van der Waals surface area contributed by atoms with Crippen molar-refractivity contribution in [1.82, 2.24) is 39.2 Å². The van der Waals surface area contributed by atoms with Crippen molar-refractivity contribution in [3.63, 3.8) is 0 Å². The molecule has 0 aliphatic rings. The highest BCUT2D eigenvalue weighted by Gasteiger charge is 2.25. The molecule has 0 spiro atoms. The van der Waals surface area contributed by atoms with Crippen molar-refractivity contribution in [1.29, 1.82) is 0 Å². The number of hydrogen-bond donors (Lipinski definition) is 2. The van der Waals surface area contributed by atoms with Crippen LogP contribution in [0.15, 0.2) is 78.0 Å². The standard InChI is InChI=1S/C32H29N9O3/c1-20(36-31(42)27-28(33)38-40-17-8-16-34-30(27)40)29-37-24-12-7-9-21(13-14-22-19-35-39(2)25(22)15-18-44-3)26(24)32(43)41(29)23-10-5-4-6-11-23/h4-12,16-17,19-20H,15,18H2,1-3H3,(H2,33,38)(H,36,42)/t20-/m0/s1. The summed E-state index contributed by atoms with van der Waals surface area (Å²) in [4.78, 5) is 36.9. The maximum atomic E-state index is 14.3. The average Bonchev–Trinajstić information content (AvgIpc) is 3.56. The van der Waals surface area contributed by atoms with Gasteiger partial charge in [-0.3, -0.25) is 18.8 Å². The molecule has 0 fully saturated rings. The third kappa shape index (κ3) is 5.16. The number of rotatable bonds is 7. The SMILES string of the molecule is COCCc1c(C#Cc2cccc3nc([C@H](C)NC(=O)c4c(N)nn5cccnc45)n(-c4ccccc4)c(=O)c23)cnn1C. The van der Waals surface area contributed by atoms with E-state index >= 15 is 0 Å². The van der Waals surface area contributed by atoms with Crippen LogP contribution in [-0.4, -0.2) is 53.6 Å². The minimum Gasteiger partial charge on any atom is -0.384 e. The smallest absolute Gasteiger partial charge is 0.267 e. The number of nitrogens with zero attached hydrogens (tertiary/aromatic N) is 7. The fourth-order valence-electron chi connectivity index (χ4n) is 5.12. The molecule has 6 aromatic rings. The second-order valence-electron chi connectivity index (χ2n) is 10.1. The van der Waals surface area contributed by atoms with Gasteiger partial charge in [0.25, 0.3) is 11.5 Å². The van der Waals surface area contributed by atoms with Gasteiger partial charge in [-0.05, 0) is 37.3 Å². The van der Waals surface area contributed by atoms with Crippen molar-refractivity contribution in [3.8, 4) is 17.5 Å². The molecular weight excluding hydrogens is 558 g/mol. The van der Waals surface area contributed by atoms with Gasteiger partial charge in [-0.1, -0.05) is 36.1 Å². The molecule has 0 radical (unpaired) electrons. The zero-order chi connectivity index (χ0) is 30.8. The minimum absolute atomic E-state index is 0.0440. The molecule has 0 bridgehead atoms. The molecule has 44 heavy (non-hydrogen) atoms. The van der Waals surface area contributed by atoms with Crippen LogP contribution in [0.1, 0.15) is 46.0 Å². The van der Waals surface area contributed by atoms with Crippen molar-refractivity contribution in [2.45, 2.75) is 19.4 Å². The highest BCUT2D eigenvalue weighted by molar-refractivity contribution is 6.04. The number of carbonyl (C=O) groups is 1. The van der Waals surface area contributed by atoms with Gasteiger partial charge in [0.1, 0.15) is 11.4 Å². The maximum absolute atomic E-state index is 14.3. The third-order valence-corrected chi connectivity index (χ3v) is 7.26. The Labute approximate surface area is 252 Å². The van der Waals surface area contributed by atoms with E-state index in [1.165, 1.54) is 9.08 Å². The number of aryl methyl sites for hydroxylation is 1. The number of amides is 1. The molecular formula is C32H29N9O3. The number of ether oxygens (including phenoxy) is 1. The van der Waals surface area contributed by atoms with E-state index in [0.717, 1.165) is 11.3 Å². The molecule has 4 aromatic heterocycles. The van der Waals surface area contributed by atoms with Crippen molar-refractivity contribution in [2.75, 3.05) is 19.5 Å². The number of nitrogens with two attached hydrogens (primary N) is 1. The van der Waals surface area contributed by atoms with Crippen LogP contribution in [0.3, 0.4) is 0 Å². The van der Waals surface area contributed by atoms with Gasteiger partial charge in [0, 0.05) is 38.5 Å². The first-order valence-corrected chi connectivity index (χ1v) is 13.9. The van der Waals surface area contributed by atoms with Gasteiger partial charge in [0.2, 0.25) is 0 Å². The van der Waals surface area contributed by atoms with Crippen molar-refractivity contribution in [3.05, 3.63) is 112 Å². The van der Waals surface area contributed by atoms with Gasteiger partial charge in [-0.25, -0.2) is 14.5 Å². The third-order valence-electron chi connectivity index (χ3n) is 7.26. The average molecular weight is 588 g/mol. The van der Waals surface area contributed by atoms with E-state index in [-0.39, 0.29) is 16.9 Å². The molecule has 12 nitrogen and oxygen atoms in total. The van der Waals surface area contributed by atoms with Crippen LogP contribution in [0.2, 0.25) is 0 Å². The van der Waals surface area contributed by atoms with Crippen LogP contribution in [0.4, 0.5) is 5.82 Å². The molecule has 0 saturated heterocycles. The molecule has 4 heterocycles. The molecule has 1 atom stereocenters. The summed E-state index contributed by atoms with van der Waals surface area (Å²) in [6.45, 7) is 2.29. The van der Waals surface area contributed by atoms with E-state index in [4.69, 9.17) is 15.5 Å². The lowest BCUT2D eigenvalue weighted by molar-refractivity contribution is 0.0940. The van der Waals surface area contributed by atoms with Gasteiger partial charge < -0.3 is 15.8 Å². The Morgan fingerprint density at radius 1 is 1.09 bits per heavy atom. The second kappa shape index (κ2) is 11.8. The number of anilines is 1. The fraction of sp³-hybridized carbons (Fsp3) is 0.188. The normalized spacial score (nSPS) is 11.8. The summed E-state index contributed by atoms with van der Waals surface area (Å²) in [6.07, 6.45) is 5.58. The summed E-state index contributed by atoms with van der Waals surface area (Å²) in [6, 6.07) is 15.5. The Balaban J connectivity index is 1.45. The maximum Gasteiger partial charge on any atom is 0.267 e. The van der Waals surface area contributed by atoms with E-state index in [1.807, 2.05) is 37.4 Å². The predicted octanol–water partition coefficient (Wildman–Crippen LogP) is 2.82. The summed E-state index contributed by atoms with van der Waals surface area (Å²) < 4.78 is 9.95. The van der Waals surface area contributed by atoms with Gasteiger partial charge in [0.15, 0.2) is 11.5 Å². The van der Waals surface area contributed by atoms with Gasteiger partial charge in [0.05, 0.1) is 46.7 Å². The zero-order valence-corrected chi connectivity index (χ0v) is 24.4. The fourth-order valence-corrected chi connectivity index (χ4v) is 5.12. The van der Waals surface area contributed by atoms with Crippen molar-refractivity contribution in [2.24, 2.45) is 7.05 Å². The molecule has 6 rings (SSSR count). The topological polar surface area (TPSA) is 147 Å². The number of hydrogen-bond acceptors (Lipinski definition) is 8. The number of aromatic nitrogens is 7. The van der Waals surface area contributed by atoms with E-state index in [0.29, 0.717) is 46.7 Å². The Bertz CT molecular complexity index is 2140. The lowest BCUT2D eigenvalue weighted by atomic mass is 10.1. The predicted molar refractivity (Wildman–Crippen MR) is 165 cm³/mol. The number of fused-ring (bicyclic) bond motifs is 2. The van der Waals surface area contributed by atoms with E-state index < -0.39 is 11.9 Å². The molecule has 1 amide bonds. The van der Waals surface area contributed by atoms with E-state index in [2.05, 4.69) is 32.3 Å². The van der Waals surface area contributed by atoms with Crippen LogP contribution in [0.25, 0.3) is 22.2 Å². The van der Waals surface area contributed by atoms with Crippen LogP contribution in [0, 0.1) is 11.8 Å². The first kappa shape index (κ1) is 28.3. The van der Waals surface area contributed by atoms with Crippen LogP contribution in [-0.2, 0) is 18.2 Å². The highest BCUT2D eigenvalue weighted by Crippen LogP contribution is 2.22. The van der Waals surface area contributed by atoms with Crippen molar-refractivity contribution < 1.29 is 9.53 Å². The molecule has 220 valence electrons. The molecule has 0 unspecified atom stereocenters. The Kier molecular flexibility index (Phi) is 7.61. The van der Waals surface area contributed by atoms with Gasteiger partial charge in [-0.15, -0.1) is 5.10 Å². The number of benzene rings is 2. The summed E-state index contributed by atoms with van der Waals surface area (Å²) >= 11 is 0. The largest absolute Gasteiger partial charge is 0.384 e. The van der Waals surface area contributed by atoms with Gasteiger partial charge in [-0.2, -0.15) is 5.10 Å². The van der Waals surface area contributed by atoms with Gasteiger partial charge >= 0.3 is 0 Å². The summed E-state index contributed by atoms with van der Waals surface area (Å²) in [5.74, 6) is 6.26. The van der Waals surface area contributed by atoms with E-state index in [9.17, 15) is 9.59 Å². The Morgan fingerprint density at radius 2 is 1.89 bits per heavy atom. The zero-order valence-electron chi connectivity index (χ0n) is 24.4. The molecule has 0 saturated carbocycles. The summed E-state index contributed by atoms with van der Waals surface area (Å²) in [7, 11) is 3.51. The molecule has 0 aliphatic carbocycles. The highest BCUT2D eigenvalue weighted by atomic mass is 16.5. The second-order valence-corrected chi connectivity index (χ2v) is 10.1. The van der Waals surface area contributed by atoms with E-state index in [1.54, 1.807) is 61.6 Å². The summed E-state index contributed by atoms with van der Waals surface area (Å²) in [5.41, 5.74) is 9.50. The number of methoxy groups -OCH3 is 1. The Morgan fingerprint density at radius 3 is 2.68 bits per heavy atom.